The molecule has 0 aromatic heterocycles. The molecule has 3 heteroatoms. The SMILES string of the molecule is CCN(CC)CCNC1CC(C)(CC)Oc2ccccc21. The number of hydrogen-bond donors (Lipinski definition) is 1. The Labute approximate surface area is 129 Å². The van der Waals surface area contributed by atoms with Crippen molar-refractivity contribution in [2.75, 3.05) is 26.2 Å². The van der Waals surface area contributed by atoms with Gasteiger partial charge in [0.15, 0.2) is 0 Å². The van der Waals surface area contributed by atoms with Gasteiger partial charge in [0.2, 0.25) is 0 Å². The average Bonchev–Trinajstić information content (AvgIpc) is 2.51. The van der Waals surface area contributed by atoms with Gasteiger partial charge in [-0.15, -0.1) is 0 Å². The summed E-state index contributed by atoms with van der Waals surface area (Å²) < 4.78 is 6.22. The Morgan fingerprint density at radius 2 is 1.95 bits per heavy atom. The zero-order valence-electron chi connectivity index (χ0n) is 14.0. The van der Waals surface area contributed by atoms with Gasteiger partial charge in [-0.3, -0.25) is 0 Å². The standard InChI is InChI=1S/C18H30N2O/c1-5-18(4)14-16(19-12-13-20(6-2)7-3)15-10-8-9-11-17(15)21-18/h8-11,16,19H,5-7,12-14H2,1-4H3. The molecule has 1 aromatic rings. The highest BCUT2D eigenvalue weighted by Crippen LogP contribution is 2.40. The van der Waals surface area contributed by atoms with Crippen LogP contribution in [-0.2, 0) is 0 Å². The first kappa shape index (κ1) is 16.3. The maximum atomic E-state index is 6.22. The predicted octanol–water partition coefficient (Wildman–Crippen LogP) is 3.61. The summed E-state index contributed by atoms with van der Waals surface area (Å²) in [7, 11) is 0. The number of rotatable bonds is 7. The molecule has 1 aliphatic heterocycles. The predicted molar refractivity (Wildman–Crippen MR) is 88.9 cm³/mol. The van der Waals surface area contributed by atoms with Gasteiger partial charge in [0.25, 0.3) is 0 Å². The molecule has 1 aliphatic rings. The minimum atomic E-state index is -0.0543. The highest BCUT2D eigenvalue weighted by atomic mass is 16.5. The van der Waals surface area contributed by atoms with Gasteiger partial charge in [0, 0.05) is 31.1 Å². The van der Waals surface area contributed by atoms with Gasteiger partial charge >= 0.3 is 0 Å². The Hall–Kier alpha value is -1.06. The van der Waals surface area contributed by atoms with E-state index < -0.39 is 0 Å². The van der Waals surface area contributed by atoms with E-state index in [9.17, 15) is 0 Å². The fourth-order valence-corrected chi connectivity index (χ4v) is 3.05. The molecule has 0 spiro atoms. The van der Waals surface area contributed by atoms with Crippen LogP contribution in [0.5, 0.6) is 5.75 Å². The van der Waals surface area contributed by atoms with E-state index in [0.29, 0.717) is 6.04 Å². The fourth-order valence-electron chi connectivity index (χ4n) is 3.05. The molecule has 1 N–H and O–H groups in total. The molecule has 21 heavy (non-hydrogen) atoms. The van der Waals surface area contributed by atoms with Crippen molar-refractivity contribution >= 4 is 0 Å². The third kappa shape index (κ3) is 3.98. The Morgan fingerprint density at radius 3 is 2.62 bits per heavy atom. The molecule has 118 valence electrons. The molecular weight excluding hydrogens is 260 g/mol. The minimum absolute atomic E-state index is 0.0543. The lowest BCUT2D eigenvalue weighted by molar-refractivity contribution is 0.0439. The summed E-state index contributed by atoms with van der Waals surface area (Å²) in [5.74, 6) is 1.05. The molecule has 1 aromatic carbocycles. The van der Waals surface area contributed by atoms with E-state index in [1.807, 2.05) is 0 Å². The van der Waals surface area contributed by atoms with Gasteiger partial charge in [-0.1, -0.05) is 39.0 Å². The van der Waals surface area contributed by atoms with Crippen LogP contribution in [0.4, 0.5) is 0 Å². The highest BCUT2D eigenvalue weighted by Gasteiger charge is 2.35. The van der Waals surface area contributed by atoms with Gasteiger partial charge in [0.05, 0.1) is 0 Å². The van der Waals surface area contributed by atoms with E-state index in [-0.39, 0.29) is 5.60 Å². The van der Waals surface area contributed by atoms with Crippen LogP contribution in [0.3, 0.4) is 0 Å². The van der Waals surface area contributed by atoms with E-state index in [4.69, 9.17) is 4.74 Å². The van der Waals surface area contributed by atoms with Crippen molar-refractivity contribution in [1.29, 1.82) is 0 Å². The van der Waals surface area contributed by atoms with Crippen molar-refractivity contribution < 1.29 is 4.74 Å². The number of ether oxygens (including phenoxy) is 1. The van der Waals surface area contributed by atoms with Crippen molar-refractivity contribution in [3.05, 3.63) is 29.8 Å². The molecule has 2 rings (SSSR count). The minimum Gasteiger partial charge on any atom is -0.487 e. The monoisotopic (exact) mass is 290 g/mol. The average molecular weight is 290 g/mol. The fraction of sp³-hybridized carbons (Fsp3) is 0.667. The second-order valence-corrected chi connectivity index (χ2v) is 6.18. The van der Waals surface area contributed by atoms with Crippen LogP contribution >= 0.6 is 0 Å². The lowest BCUT2D eigenvalue weighted by Gasteiger charge is -2.40. The molecule has 1 heterocycles. The topological polar surface area (TPSA) is 24.5 Å². The first-order valence-corrected chi connectivity index (χ1v) is 8.35. The van der Waals surface area contributed by atoms with Crippen LogP contribution in [0.1, 0.15) is 52.1 Å². The highest BCUT2D eigenvalue weighted by molar-refractivity contribution is 5.38. The number of nitrogens with zero attached hydrogens (tertiary/aromatic N) is 1. The molecule has 3 nitrogen and oxygen atoms in total. The van der Waals surface area contributed by atoms with Crippen molar-refractivity contribution in [3.8, 4) is 5.75 Å². The van der Waals surface area contributed by atoms with Crippen molar-refractivity contribution in [1.82, 2.24) is 10.2 Å². The Bertz CT molecular complexity index is 445. The quantitative estimate of drug-likeness (QED) is 0.830. The van der Waals surface area contributed by atoms with Gasteiger partial charge < -0.3 is 15.0 Å². The third-order valence-electron chi connectivity index (χ3n) is 4.75. The summed E-state index contributed by atoms with van der Waals surface area (Å²) >= 11 is 0. The lowest BCUT2D eigenvalue weighted by atomic mass is 9.86. The van der Waals surface area contributed by atoms with E-state index in [2.05, 4.69) is 62.2 Å². The normalized spacial score (nSPS) is 24.7. The van der Waals surface area contributed by atoms with Crippen LogP contribution in [-0.4, -0.2) is 36.7 Å². The number of hydrogen-bond acceptors (Lipinski definition) is 3. The van der Waals surface area contributed by atoms with Crippen molar-refractivity contribution in [3.63, 3.8) is 0 Å². The van der Waals surface area contributed by atoms with Crippen LogP contribution < -0.4 is 10.1 Å². The van der Waals surface area contributed by atoms with E-state index in [0.717, 1.165) is 44.8 Å². The zero-order chi connectivity index (χ0) is 15.3. The second-order valence-electron chi connectivity index (χ2n) is 6.18. The second kappa shape index (κ2) is 7.28. The Balaban J connectivity index is 2.04. The molecule has 0 saturated heterocycles. The summed E-state index contributed by atoms with van der Waals surface area (Å²) in [5, 5.41) is 3.74. The maximum Gasteiger partial charge on any atom is 0.124 e. The van der Waals surface area contributed by atoms with E-state index in [1.165, 1.54) is 5.56 Å². The number of likely N-dealkylation sites (N-methyl/N-ethyl adjacent to an activating group) is 1. The molecule has 2 atom stereocenters. The molecule has 2 unspecified atom stereocenters. The smallest absolute Gasteiger partial charge is 0.124 e. The molecule has 0 saturated carbocycles. The van der Waals surface area contributed by atoms with Gasteiger partial charge in [-0.25, -0.2) is 0 Å². The van der Waals surface area contributed by atoms with Crippen LogP contribution in [0.2, 0.25) is 0 Å². The third-order valence-corrected chi connectivity index (χ3v) is 4.75. The molecule has 0 aliphatic carbocycles. The number of para-hydroxylation sites is 1. The molecule has 0 bridgehead atoms. The number of benzene rings is 1. The Morgan fingerprint density at radius 1 is 1.24 bits per heavy atom. The first-order chi connectivity index (χ1) is 10.1. The van der Waals surface area contributed by atoms with E-state index >= 15 is 0 Å². The first-order valence-electron chi connectivity index (χ1n) is 8.35. The summed E-state index contributed by atoms with van der Waals surface area (Å²) in [4.78, 5) is 2.46. The molecule has 0 radical (unpaired) electrons. The van der Waals surface area contributed by atoms with Gasteiger partial charge in [-0.2, -0.15) is 0 Å². The van der Waals surface area contributed by atoms with Gasteiger partial charge in [-0.05, 0) is 32.5 Å². The Kier molecular flexibility index (Phi) is 5.65. The van der Waals surface area contributed by atoms with Crippen molar-refractivity contribution in [2.24, 2.45) is 0 Å². The van der Waals surface area contributed by atoms with E-state index in [1.54, 1.807) is 0 Å². The number of nitrogens with one attached hydrogen (secondary N) is 1. The summed E-state index contributed by atoms with van der Waals surface area (Å²) in [6, 6.07) is 8.86. The van der Waals surface area contributed by atoms with Crippen LogP contribution in [0, 0.1) is 0 Å². The van der Waals surface area contributed by atoms with Crippen LogP contribution in [0.15, 0.2) is 24.3 Å². The summed E-state index contributed by atoms with van der Waals surface area (Å²) in [6.07, 6.45) is 2.08. The zero-order valence-corrected chi connectivity index (χ0v) is 14.0. The molecule has 0 fully saturated rings. The maximum absolute atomic E-state index is 6.22. The molecular formula is C18H30N2O. The van der Waals surface area contributed by atoms with Crippen molar-refractivity contribution in [2.45, 2.75) is 52.2 Å². The molecule has 0 amide bonds. The largest absolute Gasteiger partial charge is 0.487 e. The summed E-state index contributed by atoms with van der Waals surface area (Å²) in [6.45, 7) is 13.3. The number of fused-ring (bicyclic) bond motifs is 1. The van der Waals surface area contributed by atoms with Gasteiger partial charge in [0.1, 0.15) is 11.4 Å². The lowest BCUT2D eigenvalue weighted by Crippen LogP contribution is -2.43. The van der Waals surface area contributed by atoms with Crippen LogP contribution in [0.25, 0.3) is 0 Å². The summed E-state index contributed by atoms with van der Waals surface area (Å²) in [5.41, 5.74) is 1.25.